The van der Waals surface area contributed by atoms with Gasteiger partial charge in [0.25, 0.3) is 0 Å². The maximum atomic E-state index is 6.58. The quantitative estimate of drug-likeness (QED) is 0.169. The third kappa shape index (κ3) is 5.81. The SMILES string of the molecule is Cc1cc(C)c(-c2ccc3c(c2)c2ccccc2n3-c2ccc(-c3cccc4c3oc3ccccc34)cc2-c2nc(-c3ccccc3)nc(-c3ccccc3)n2)c(C)c1. The Morgan fingerprint density at radius 3 is 1.73 bits per heavy atom. The maximum absolute atomic E-state index is 6.58. The first-order chi connectivity index (χ1) is 29.0. The van der Waals surface area contributed by atoms with E-state index >= 15 is 0 Å². The standard InChI is InChI=1S/C54H38N4O/c1-33-29-34(2)50(35(3)30-33)39-26-28-47-44(32-39)41-19-10-12-23-46(41)58(47)48-27-25-38(40-21-14-22-43-42-20-11-13-24-49(42)59-51(40)43)31-45(48)54-56-52(36-15-6-4-7-16-36)55-53(57-54)37-17-8-5-9-18-37/h4-32H,1-3H3. The summed E-state index contributed by atoms with van der Waals surface area (Å²) in [5.74, 6) is 1.81. The molecule has 59 heavy (non-hydrogen) atoms. The fourth-order valence-electron chi connectivity index (χ4n) is 9.00. The number of fused-ring (bicyclic) bond motifs is 6. The van der Waals surface area contributed by atoms with Gasteiger partial charge in [-0.05, 0) is 85.0 Å². The summed E-state index contributed by atoms with van der Waals surface area (Å²) >= 11 is 0. The van der Waals surface area contributed by atoms with E-state index < -0.39 is 0 Å². The van der Waals surface area contributed by atoms with Crippen molar-refractivity contribution in [1.82, 2.24) is 19.5 Å². The van der Waals surface area contributed by atoms with Crippen molar-refractivity contribution >= 4 is 43.7 Å². The predicted molar refractivity (Wildman–Crippen MR) is 243 cm³/mol. The van der Waals surface area contributed by atoms with Crippen LogP contribution in [0.15, 0.2) is 180 Å². The zero-order chi connectivity index (χ0) is 39.6. The average Bonchev–Trinajstić information content (AvgIpc) is 3.82. The van der Waals surface area contributed by atoms with Crippen molar-refractivity contribution in [3.8, 4) is 62.1 Å². The van der Waals surface area contributed by atoms with Crippen LogP contribution in [0.2, 0.25) is 0 Å². The molecular formula is C54H38N4O. The number of aromatic nitrogens is 4. The van der Waals surface area contributed by atoms with Gasteiger partial charge in [0, 0.05) is 43.8 Å². The molecule has 0 aliphatic carbocycles. The molecule has 280 valence electrons. The van der Waals surface area contributed by atoms with E-state index in [1.165, 1.54) is 38.6 Å². The average molecular weight is 759 g/mol. The van der Waals surface area contributed by atoms with E-state index in [4.69, 9.17) is 19.4 Å². The second kappa shape index (κ2) is 13.8. The van der Waals surface area contributed by atoms with E-state index in [-0.39, 0.29) is 0 Å². The highest BCUT2D eigenvalue weighted by Crippen LogP contribution is 2.42. The molecule has 3 aromatic heterocycles. The van der Waals surface area contributed by atoms with Gasteiger partial charge >= 0.3 is 0 Å². The highest BCUT2D eigenvalue weighted by Gasteiger charge is 2.22. The molecule has 0 saturated carbocycles. The summed E-state index contributed by atoms with van der Waals surface area (Å²) in [5, 5.41) is 4.54. The Labute approximate surface area is 341 Å². The zero-order valence-electron chi connectivity index (χ0n) is 32.9. The lowest BCUT2D eigenvalue weighted by molar-refractivity contribution is 0.670. The Bertz CT molecular complexity index is 3330. The van der Waals surface area contributed by atoms with Crippen LogP contribution in [-0.4, -0.2) is 19.5 Å². The van der Waals surface area contributed by atoms with E-state index in [2.05, 4.69) is 153 Å². The summed E-state index contributed by atoms with van der Waals surface area (Å²) in [6, 6.07) is 61.7. The third-order valence-electron chi connectivity index (χ3n) is 11.5. The van der Waals surface area contributed by atoms with Gasteiger partial charge in [-0.15, -0.1) is 0 Å². The molecule has 0 radical (unpaired) electrons. The molecule has 0 amide bonds. The van der Waals surface area contributed by atoms with Gasteiger partial charge in [-0.2, -0.15) is 0 Å². The first-order valence-corrected chi connectivity index (χ1v) is 20.0. The minimum absolute atomic E-state index is 0.583. The molecule has 8 aromatic carbocycles. The van der Waals surface area contributed by atoms with E-state index in [0.29, 0.717) is 17.5 Å². The second-order valence-electron chi connectivity index (χ2n) is 15.4. The van der Waals surface area contributed by atoms with Gasteiger partial charge in [-0.3, -0.25) is 0 Å². The van der Waals surface area contributed by atoms with Crippen LogP contribution < -0.4 is 0 Å². The zero-order valence-corrected chi connectivity index (χ0v) is 32.9. The van der Waals surface area contributed by atoms with Gasteiger partial charge in [0.2, 0.25) is 0 Å². The summed E-state index contributed by atoms with van der Waals surface area (Å²) in [7, 11) is 0. The molecule has 0 saturated heterocycles. The van der Waals surface area contributed by atoms with Crippen LogP contribution in [0.3, 0.4) is 0 Å². The lowest BCUT2D eigenvalue weighted by Crippen LogP contribution is -2.04. The van der Waals surface area contributed by atoms with Crippen molar-refractivity contribution in [2.24, 2.45) is 0 Å². The van der Waals surface area contributed by atoms with Gasteiger partial charge in [0.1, 0.15) is 11.2 Å². The smallest absolute Gasteiger partial charge is 0.166 e. The Balaban J connectivity index is 1.21. The minimum Gasteiger partial charge on any atom is -0.455 e. The molecule has 0 N–H and O–H groups in total. The van der Waals surface area contributed by atoms with Crippen LogP contribution in [0.25, 0.3) is 106 Å². The number of rotatable bonds is 6. The molecule has 5 nitrogen and oxygen atoms in total. The summed E-state index contributed by atoms with van der Waals surface area (Å²) in [5.41, 5.74) is 15.9. The summed E-state index contributed by atoms with van der Waals surface area (Å²) in [6.07, 6.45) is 0. The number of nitrogens with zero attached hydrogens (tertiary/aromatic N) is 4. The van der Waals surface area contributed by atoms with Crippen LogP contribution in [-0.2, 0) is 0 Å². The van der Waals surface area contributed by atoms with Crippen LogP contribution in [0.1, 0.15) is 16.7 Å². The maximum Gasteiger partial charge on any atom is 0.166 e. The molecule has 0 unspecified atom stereocenters. The highest BCUT2D eigenvalue weighted by atomic mass is 16.3. The summed E-state index contributed by atoms with van der Waals surface area (Å²) in [6.45, 7) is 6.59. The van der Waals surface area contributed by atoms with Crippen molar-refractivity contribution < 1.29 is 4.42 Å². The van der Waals surface area contributed by atoms with E-state index in [9.17, 15) is 0 Å². The molecule has 0 spiro atoms. The van der Waals surface area contributed by atoms with E-state index in [1.807, 2.05) is 48.5 Å². The molecule has 0 aliphatic rings. The lowest BCUT2D eigenvalue weighted by Gasteiger charge is -2.17. The van der Waals surface area contributed by atoms with Crippen LogP contribution in [0.5, 0.6) is 0 Å². The fraction of sp³-hybridized carbons (Fsp3) is 0.0556. The van der Waals surface area contributed by atoms with Gasteiger partial charge < -0.3 is 8.98 Å². The molecule has 5 heteroatoms. The topological polar surface area (TPSA) is 56.7 Å². The number of aryl methyl sites for hydroxylation is 3. The lowest BCUT2D eigenvalue weighted by atomic mass is 9.93. The molecule has 0 atom stereocenters. The van der Waals surface area contributed by atoms with Crippen molar-refractivity contribution in [3.05, 3.63) is 193 Å². The first-order valence-electron chi connectivity index (χ1n) is 20.0. The third-order valence-corrected chi connectivity index (χ3v) is 11.5. The van der Waals surface area contributed by atoms with Gasteiger partial charge in [0.05, 0.1) is 16.7 Å². The van der Waals surface area contributed by atoms with Gasteiger partial charge in [-0.25, -0.2) is 15.0 Å². The van der Waals surface area contributed by atoms with Gasteiger partial charge in [0.15, 0.2) is 17.5 Å². The van der Waals surface area contributed by atoms with Crippen LogP contribution in [0, 0.1) is 20.8 Å². The second-order valence-corrected chi connectivity index (χ2v) is 15.4. The molecule has 11 aromatic rings. The predicted octanol–water partition coefficient (Wildman–Crippen LogP) is 14.1. The molecule has 0 fully saturated rings. The fourth-order valence-corrected chi connectivity index (χ4v) is 9.00. The van der Waals surface area contributed by atoms with E-state index in [0.717, 1.165) is 66.5 Å². The Morgan fingerprint density at radius 2 is 1.00 bits per heavy atom. The molecule has 11 rings (SSSR count). The van der Waals surface area contributed by atoms with Crippen molar-refractivity contribution in [2.45, 2.75) is 20.8 Å². The van der Waals surface area contributed by atoms with E-state index in [1.54, 1.807) is 0 Å². The Kier molecular flexibility index (Phi) is 8.09. The number of furan rings is 1. The Hall–Kier alpha value is -7.63. The number of hydrogen-bond donors (Lipinski definition) is 0. The molecule has 0 aliphatic heterocycles. The molecular weight excluding hydrogens is 721 g/mol. The van der Waals surface area contributed by atoms with Crippen molar-refractivity contribution in [2.75, 3.05) is 0 Å². The molecule has 0 bridgehead atoms. The first kappa shape index (κ1) is 34.6. The van der Waals surface area contributed by atoms with Crippen LogP contribution in [0.4, 0.5) is 0 Å². The van der Waals surface area contributed by atoms with Crippen molar-refractivity contribution in [3.63, 3.8) is 0 Å². The number of hydrogen-bond acceptors (Lipinski definition) is 4. The summed E-state index contributed by atoms with van der Waals surface area (Å²) < 4.78 is 8.95. The monoisotopic (exact) mass is 758 g/mol. The van der Waals surface area contributed by atoms with Crippen LogP contribution >= 0.6 is 0 Å². The minimum atomic E-state index is 0.583. The van der Waals surface area contributed by atoms with Gasteiger partial charge in [-0.1, -0.05) is 145 Å². The normalized spacial score (nSPS) is 11.6. The largest absolute Gasteiger partial charge is 0.455 e. The number of benzene rings is 8. The highest BCUT2D eigenvalue weighted by molar-refractivity contribution is 6.12. The molecule has 3 heterocycles. The summed E-state index contributed by atoms with van der Waals surface area (Å²) in [4.78, 5) is 15.6. The Morgan fingerprint density at radius 1 is 0.407 bits per heavy atom. The van der Waals surface area contributed by atoms with Crippen molar-refractivity contribution in [1.29, 1.82) is 0 Å². The number of para-hydroxylation sites is 3.